The number of ether oxygens (including phenoxy) is 1. The predicted octanol–water partition coefficient (Wildman–Crippen LogP) is 5.22. The van der Waals surface area contributed by atoms with Crippen LogP contribution in [0.25, 0.3) is 0 Å². The number of nitrogens with zero attached hydrogens (tertiary/aromatic N) is 1. The number of hydrogen-bond donors (Lipinski definition) is 1. The number of hydrogen-bond acceptors (Lipinski definition) is 4. The van der Waals surface area contributed by atoms with Crippen molar-refractivity contribution in [1.82, 2.24) is 4.98 Å². The van der Waals surface area contributed by atoms with Crippen LogP contribution in [-0.4, -0.2) is 11.6 Å². The maximum Gasteiger partial charge on any atom is 0.387 e. The van der Waals surface area contributed by atoms with Crippen LogP contribution in [0.15, 0.2) is 45.9 Å². The molecule has 0 bridgehead atoms. The lowest BCUT2D eigenvalue weighted by atomic mass is 10.3. The summed E-state index contributed by atoms with van der Waals surface area (Å²) in [5, 5.41) is 0.320. The average molecular weight is 382 g/mol. The number of alkyl halides is 2. The third-order valence-electron chi connectivity index (χ3n) is 2.12. The molecule has 0 fully saturated rings. The van der Waals surface area contributed by atoms with Crippen molar-refractivity contribution in [3.05, 3.63) is 46.2 Å². The van der Waals surface area contributed by atoms with E-state index in [1.807, 2.05) is 0 Å². The van der Waals surface area contributed by atoms with E-state index in [1.165, 1.54) is 24.1 Å². The van der Waals surface area contributed by atoms with Crippen molar-refractivity contribution in [2.75, 3.05) is 4.72 Å². The number of rotatable bonds is 5. The maximum absolute atomic E-state index is 12.1. The van der Waals surface area contributed by atoms with E-state index in [2.05, 4.69) is 30.4 Å². The fourth-order valence-electron chi connectivity index (χ4n) is 1.32. The molecule has 2 aromatic rings. The highest BCUT2D eigenvalue weighted by Gasteiger charge is 2.06. The SMILES string of the molecule is FC(F)Oc1cccc(SNc2cc(Br)cnc2Cl)c1. The molecule has 1 aromatic heterocycles. The summed E-state index contributed by atoms with van der Waals surface area (Å²) in [4.78, 5) is 4.67. The number of halogens is 4. The van der Waals surface area contributed by atoms with E-state index < -0.39 is 6.61 Å². The van der Waals surface area contributed by atoms with Crippen molar-refractivity contribution >= 4 is 45.2 Å². The molecular weight excluding hydrogens is 374 g/mol. The second-order valence-corrected chi connectivity index (χ2v) is 5.70. The molecule has 3 nitrogen and oxygen atoms in total. The Morgan fingerprint density at radius 2 is 2.15 bits per heavy atom. The molecule has 0 unspecified atom stereocenters. The number of nitrogens with one attached hydrogen (secondary N) is 1. The van der Waals surface area contributed by atoms with Gasteiger partial charge in [-0.2, -0.15) is 8.78 Å². The Morgan fingerprint density at radius 1 is 1.35 bits per heavy atom. The first-order valence-corrected chi connectivity index (χ1v) is 7.32. The topological polar surface area (TPSA) is 34.1 Å². The molecule has 0 saturated heterocycles. The van der Waals surface area contributed by atoms with Crippen molar-refractivity contribution in [3.63, 3.8) is 0 Å². The number of aromatic nitrogens is 1. The summed E-state index contributed by atoms with van der Waals surface area (Å²) in [5.41, 5.74) is 0.617. The predicted molar refractivity (Wildman–Crippen MR) is 79.5 cm³/mol. The molecule has 8 heteroatoms. The Hall–Kier alpha value is -1.05. The molecule has 106 valence electrons. The monoisotopic (exact) mass is 380 g/mol. The van der Waals surface area contributed by atoms with Crippen LogP contribution in [-0.2, 0) is 0 Å². The Morgan fingerprint density at radius 3 is 2.90 bits per heavy atom. The molecule has 1 N–H and O–H groups in total. The Bertz CT molecular complexity index is 603. The Balaban J connectivity index is 2.05. The van der Waals surface area contributed by atoms with Gasteiger partial charge in [0.15, 0.2) is 5.15 Å². The third kappa shape index (κ3) is 4.50. The zero-order valence-electron chi connectivity index (χ0n) is 9.82. The van der Waals surface area contributed by atoms with E-state index in [4.69, 9.17) is 11.6 Å². The first-order valence-electron chi connectivity index (χ1n) is 5.33. The zero-order chi connectivity index (χ0) is 14.5. The standard InChI is InChI=1S/C12H8BrClF2N2OS/c13-7-4-10(11(14)17-6-7)18-20-9-3-1-2-8(5-9)19-12(15)16/h1-6,12,18H. The average Bonchev–Trinajstić information content (AvgIpc) is 2.39. The first kappa shape index (κ1) is 15.3. The first-order chi connectivity index (χ1) is 9.54. The maximum atomic E-state index is 12.1. The van der Waals surface area contributed by atoms with Gasteiger partial charge in [-0.3, -0.25) is 0 Å². The van der Waals surface area contributed by atoms with Crippen LogP contribution in [0.2, 0.25) is 5.15 Å². The second-order valence-electron chi connectivity index (χ2n) is 3.55. The fraction of sp³-hybridized carbons (Fsp3) is 0.0833. The van der Waals surface area contributed by atoms with Crippen LogP contribution >= 0.6 is 39.5 Å². The highest BCUT2D eigenvalue weighted by atomic mass is 79.9. The van der Waals surface area contributed by atoms with Gasteiger partial charge in [-0.1, -0.05) is 17.7 Å². The van der Waals surface area contributed by atoms with Gasteiger partial charge in [0.1, 0.15) is 5.75 Å². The van der Waals surface area contributed by atoms with Crippen LogP contribution in [0.3, 0.4) is 0 Å². The molecule has 0 saturated carbocycles. The van der Waals surface area contributed by atoms with Crippen LogP contribution < -0.4 is 9.46 Å². The Labute approximate surface area is 131 Å². The highest BCUT2D eigenvalue weighted by molar-refractivity contribution is 9.10. The molecule has 0 atom stereocenters. The van der Waals surface area contributed by atoms with Gasteiger partial charge in [-0.05, 0) is 52.1 Å². The molecule has 0 aliphatic carbocycles. The third-order valence-corrected chi connectivity index (χ3v) is 3.66. The van der Waals surface area contributed by atoms with Gasteiger partial charge in [0.25, 0.3) is 0 Å². The van der Waals surface area contributed by atoms with Crippen LogP contribution in [0.1, 0.15) is 0 Å². The van der Waals surface area contributed by atoms with E-state index in [-0.39, 0.29) is 5.75 Å². The summed E-state index contributed by atoms with van der Waals surface area (Å²) >= 11 is 10.4. The number of pyridine rings is 1. The summed E-state index contributed by atoms with van der Waals surface area (Å²) in [6.07, 6.45) is 1.58. The van der Waals surface area contributed by atoms with Crippen molar-refractivity contribution in [1.29, 1.82) is 0 Å². The number of benzene rings is 1. The molecular formula is C12H8BrClF2N2OS. The van der Waals surface area contributed by atoms with Gasteiger partial charge < -0.3 is 9.46 Å². The minimum Gasteiger partial charge on any atom is -0.435 e. The van der Waals surface area contributed by atoms with Crippen molar-refractivity contribution in [2.24, 2.45) is 0 Å². The molecule has 2 rings (SSSR count). The largest absolute Gasteiger partial charge is 0.435 e. The summed E-state index contributed by atoms with van der Waals surface area (Å²) in [7, 11) is 0. The van der Waals surface area contributed by atoms with Crippen LogP contribution in [0.5, 0.6) is 5.75 Å². The normalized spacial score (nSPS) is 10.7. The highest BCUT2D eigenvalue weighted by Crippen LogP contribution is 2.29. The van der Waals surface area contributed by atoms with Crippen molar-refractivity contribution in [3.8, 4) is 5.75 Å². The summed E-state index contributed by atoms with van der Waals surface area (Å²) in [5.74, 6) is 0.102. The van der Waals surface area contributed by atoms with Crippen molar-refractivity contribution < 1.29 is 13.5 Å². The van der Waals surface area contributed by atoms with E-state index in [0.29, 0.717) is 15.7 Å². The lowest BCUT2D eigenvalue weighted by Crippen LogP contribution is -2.01. The lowest BCUT2D eigenvalue weighted by molar-refractivity contribution is -0.0499. The Kier molecular flexibility index (Phi) is 5.45. The van der Waals surface area contributed by atoms with Gasteiger partial charge in [0, 0.05) is 15.6 Å². The minimum atomic E-state index is -2.84. The molecule has 20 heavy (non-hydrogen) atoms. The van der Waals surface area contributed by atoms with E-state index in [1.54, 1.807) is 24.4 Å². The van der Waals surface area contributed by atoms with E-state index in [9.17, 15) is 8.78 Å². The van der Waals surface area contributed by atoms with E-state index in [0.717, 1.165) is 4.47 Å². The molecule has 1 heterocycles. The molecule has 0 spiro atoms. The van der Waals surface area contributed by atoms with Crippen LogP contribution in [0, 0.1) is 0 Å². The van der Waals surface area contributed by atoms with Crippen LogP contribution in [0.4, 0.5) is 14.5 Å². The van der Waals surface area contributed by atoms with Gasteiger partial charge in [0.2, 0.25) is 0 Å². The molecule has 0 aliphatic heterocycles. The second kappa shape index (κ2) is 7.10. The fourth-order valence-corrected chi connectivity index (χ4v) is 2.56. The minimum absolute atomic E-state index is 0.102. The molecule has 0 aliphatic rings. The summed E-state index contributed by atoms with van der Waals surface area (Å²) < 4.78 is 32.4. The lowest BCUT2D eigenvalue weighted by Gasteiger charge is -2.09. The van der Waals surface area contributed by atoms with Gasteiger partial charge in [0.05, 0.1) is 5.69 Å². The molecule has 1 aromatic carbocycles. The molecule has 0 amide bonds. The van der Waals surface area contributed by atoms with E-state index >= 15 is 0 Å². The number of anilines is 1. The van der Waals surface area contributed by atoms with Gasteiger partial charge >= 0.3 is 6.61 Å². The van der Waals surface area contributed by atoms with Gasteiger partial charge in [-0.25, -0.2) is 4.98 Å². The quantitative estimate of drug-likeness (QED) is 0.569. The zero-order valence-corrected chi connectivity index (χ0v) is 13.0. The van der Waals surface area contributed by atoms with Crippen molar-refractivity contribution in [2.45, 2.75) is 11.5 Å². The summed E-state index contributed by atoms with van der Waals surface area (Å²) in [6.45, 7) is -2.84. The van der Waals surface area contributed by atoms with Gasteiger partial charge in [-0.15, -0.1) is 0 Å². The summed E-state index contributed by atoms with van der Waals surface area (Å²) in [6, 6.07) is 8.12. The molecule has 0 radical (unpaired) electrons. The smallest absolute Gasteiger partial charge is 0.387 e.